The van der Waals surface area contributed by atoms with Crippen LogP contribution in [-0.4, -0.2) is 31.7 Å². The van der Waals surface area contributed by atoms with Crippen molar-refractivity contribution in [3.8, 4) is 22.1 Å². The number of nitrogens with zero attached hydrogens (tertiary/aromatic N) is 1. The van der Waals surface area contributed by atoms with Crippen LogP contribution in [0, 0.1) is 18.6 Å². The van der Waals surface area contributed by atoms with E-state index in [2.05, 4.69) is 10.3 Å². The third-order valence-electron chi connectivity index (χ3n) is 4.35. The van der Waals surface area contributed by atoms with Crippen LogP contribution < -0.4 is 14.8 Å². The average Bonchev–Trinajstić information content (AvgIpc) is 3.08. The zero-order chi connectivity index (χ0) is 21.0. The van der Waals surface area contributed by atoms with E-state index in [9.17, 15) is 13.6 Å². The Balaban J connectivity index is 1.69. The van der Waals surface area contributed by atoms with E-state index in [1.165, 1.54) is 17.4 Å². The summed E-state index contributed by atoms with van der Waals surface area (Å²) in [6, 6.07) is 8.89. The molecule has 1 N–H and O–H groups in total. The number of carbonyl (C=O) groups is 1. The summed E-state index contributed by atoms with van der Waals surface area (Å²) in [4.78, 5) is 17.7. The maximum absolute atomic E-state index is 13.7. The van der Waals surface area contributed by atoms with Gasteiger partial charge in [0, 0.05) is 23.4 Å². The van der Waals surface area contributed by atoms with Crippen molar-refractivity contribution in [2.24, 2.45) is 0 Å². The molecule has 0 bridgehead atoms. The third-order valence-corrected chi connectivity index (χ3v) is 5.62. The van der Waals surface area contributed by atoms with E-state index in [0.717, 1.165) is 33.3 Å². The highest BCUT2D eigenvalue weighted by atomic mass is 32.1. The molecule has 0 spiro atoms. The molecule has 8 heteroatoms. The van der Waals surface area contributed by atoms with Crippen molar-refractivity contribution in [2.45, 2.75) is 13.3 Å². The fourth-order valence-corrected chi connectivity index (χ4v) is 3.90. The molecule has 152 valence electrons. The maximum Gasteiger partial charge on any atom is 0.257 e. The van der Waals surface area contributed by atoms with Crippen LogP contribution in [0.2, 0.25) is 0 Å². The van der Waals surface area contributed by atoms with Crippen LogP contribution in [0.3, 0.4) is 0 Å². The molecule has 1 heterocycles. The lowest BCUT2D eigenvalue weighted by atomic mass is 10.2. The number of benzene rings is 2. The Morgan fingerprint density at radius 1 is 1.10 bits per heavy atom. The summed E-state index contributed by atoms with van der Waals surface area (Å²) in [6.45, 7) is 2.12. The summed E-state index contributed by atoms with van der Waals surface area (Å²) < 4.78 is 38.0. The maximum atomic E-state index is 13.7. The number of nitrogens with one attached hydrogen (secondary N) is 1. The minimum atomic E-state index is -0.882. The van der Waals surface area contributed by atoms with Crippen molar-refractivity contribution in [2.75, 3.05) is 20.8 Å². The second kappa shape index (κ2) is 9.00. The van der Waals surface area contributed by atoms with Gasteiger partial charge in [0.25, 0.3) is 5.91 Å². The van der Waals surface area contributed by atoms with Gasteiger partial charge < -0.3 is 14.8 Å². The molecule has 0 aliphatic carbocycles. The first kappa shape index (κ1) is 20.7. The SMILES string of the molecule is COc1ccc(-c2nc(C)c(CCNC(=O)c3c(F)cccc3F)s2)cc1OC. The first-order valence-electron chi connectivity index (χ1n) is 8.85. The summed E-state index contributed by atoms with van der Waals surface area (Å²) in [5.41, 5.74) is 1.16. The summed E-state index contributed by atoms with van der Waals surface area (Å²) in [7, 11) is 3.14. The summed E-state index contributed by atoms with van der Waals surface area (Å²) in [5, 5.41) is 3.37. The summed E-state index contributed by atoms with van der Waals surface area (Å²) >= 11 is 1.49. The molecule has 0 unspecified atom stereocenters. The van der Waals surface area contributed by atoms with Crippen molar-refractivity contribution in [1.82, 2.24) is 10.3 Å². The first-order chi connectivity index (χ1) is 13.9. The molecule has 0 saturated heterocycles. The second-order valence-electron chi connectivity index (χ2n) is 6.20. The zero-order valence-electron chi connectivity index (χ0n) is 16.2. The minimum Gasteiger partial charge on any atom is -0.493 e. The van der Waals surface area contributed by atoms with E-state index >= 15 is 0 Å². The number of ether oxygens (including phenoxy) is 2. The number of amides is 1. The van der Waals surface area contributed by atoms with E-state index in [1.807, 2.05) is 25.1 Å². The van der Waals surface area contributed by atoms with Gasteiger partial charge in [-0.2, -0.15) is 0 Å². The lowest BCUT2D eigenvalue weighted by Crippen LogP contribution is -2.27. The zero-order valence-corrected chi connectivity index (χ0v) is 17.0. The van der Waals surface area contributed by atoms with Crippen molar-refractivity contribution in [3.63, 3.8) is 0 Å². The monoisotopic (exact) mass is 418 g/mol. The van der Waals surface area contributed by atoms with E-state index in [1.54, 1.807) is 14.2 Å². The highest BCUT2D eigenvalue weighted by molar-refractivity contribution is 7.15. The number of halogens is 2. The normalized spacial score (nSPS) is 10.7. The number of rotatable bonds is 7. The van der Waals surface area contributed by atoms with Crippen molar-refractivity contribution in [1.29, 1.82) is 0 Å². The van der Waals surface area contributed by atoms with Gasteiger partial charge in [-0.15, -0.1) is 11.3 Å². The molecule has 0 aliphatic rings. The van der Waals surface area contributed by atoms with Crippen LogP contribution in [0.5, 0.6) is 11.5 Å². The number of thiazole rings is 1. The largest absolute Gasteiger partial charge is 0.493 e. The average molecular weight is 418 g/mol. The molecule has 1 aromatic heterocycles. The van der Waals surface area contributed by atoms with Crippen LogP contribution in [-0.2, 0) is 6.42 Å². The topological polar surface area (TPSA) is 60.5 Å². The van der Waals surface area contributed by atoms with E-state index in [-0.39, 0.29) is 6.54 Å². The number of carbonyl (C=O) groups excluding carboxylic acids is 1. The van der Waals surface area contributed by atoms with Gasteiger partial charge in [-0.3, -0.25) is 4.79 Å². The number of methoxy groups -OCH3 is 2. The molecule has 2 aromatic carbocycles. The standard InChI is InChI=1S/C21H20F2N2O3S/c1-12-18(9-10-24-20(26)19-14(22)5-4-6-15(19)23)29-21(25-12)13-7-8-16(27-2)17(11-13)28-3/h4-8,11H,9-10H2,1-3H3,(H,24,26). The molecule has 0 aliphatic heterocycles. The lowest BCUT2D eigenvalue weighted by molar-refractivity contribution is 0.0945. The molecule has 29 heavy (non-hydrogen) atoms. The Kier molecular flexibility index (Phi) is 6.43. The molecular weight excluding hydrogens is 398 g/mol. The van der Waals surface area contributed by atoms with Gasteiger partial charge >= 0.3 is 0 Å². The van der Waals surface area contributed by atoms with E-state index < -0.39 is 23.1 Å². The molecule has 5 nitrogen and oxygen atoms in total. The Morgan fingerprint density at radius 2 is 1.79 bits per heavy atom. The Morgan fingerprint density at radius 3 is 2.45 bits per heavy atom. The highest BCUT2D eigenvalue weighted by Crippen LogP contribution is 2.35. The summed E-state index contributed by atoms with van der Waals surface area (Å²) in [5.74, 6) is -1.30. The number of aryl methyl sites for hydroxylation is 1. The molecule has 0 radical (unpaired) electrons. The van der Waals surface area contributed by atoms with Gasteiger partial charge in [0.05, 0.1) is 19.9 Å². The van der Waals surface area contributed by atoms with Gasteiger partial charge in [0.15, 0.2) is 11.5 Å². The number of hydrogen-bond acceptors (Lipinski definition) is 5. The van der Waals surface area contributed by atoms with Gasteiger partial charge in [-0.25, -0.2) is 13.8 Å². The molecular formula is C21H20F2N2O3S. The van der Waals surface area contributed by atoms with Crippen molar-refractivity contribution >= 4 is 17.2 Å². The molecule has 1 amide bonds. The molecule has 0 atom stereocenters. The smallest absolute Gasteiger partial charge is 0.257 e. The third kappa shape index (κ3) is 4.54. The highest BCUT2D eigenvalue weighted by Gasteiger charge is 2.17. The summed E-state index contributed by atoms with van der Waals surface area (Å²) in [6.07, 6.45) is 0.499. The fourth-order valence-electron chi connectivity index (χ4n) is 2.85. The van der Waals surface area contributed by atoms with E-state index in [0.29, 0.717) is 17.9 Å². The van der Waals surface area contributed by atoms with Gasteiger partial charge in [0.2, 0.25) is 0 Å². The number of aromatic nitrogens is 1. The predicted molar refractivity (Wildman–Crippen MR) is 108 cm³/mol. The minimum absolute atomic E-state index is 0.237. The van der Waals surface area contributed by atoms with Crippen LogP contribution >= 0.6 is 11.3 Å². The fraction of sp³-hybridized carbons (Fsp3) is 0.238. The Labute approximate surface area is 171 Å². The molecule has 0 fully saturated rings. The van der Waals surface area contributed by atoms with Gasteiger partial charge in [-0.1, -0.05) is 6.07 Å². The van der Waals surface area contributed by atoms with Crippen LogP contribution in [0.4, 0.5) is 8.78 Å². The Bertz CT molecular complexity index is 1020. The van der Waals surface area contributed by atoms with Crippen LogP contribution in [0.15, 0.2) is 36.4 Å². The van der Waals surface area contributed by atoms with Crippen molar-refractivity contribution in [3.05, 3.63) is 64.2 Å². The van der Waals surface area contributed by atoms with Crippen LogP contribution in [0.1, 0.15) is 20.9 Å². The molecule has 3 rings (SSSR count). The van der Waals surface area contributed by atoms with Crippen molar-refractivity contribution < 1.29 is 23.0 Å². The number of hydrogen-bond donors (Lipinski definition) is 1. The van der Waals surface area contributed by atoms with Gasteiger partial charge in [0.1, 0.15) is 22.2 Å². The second-order valence-corrected chi connectivity index (χ2v) is 7.28. The lowest BCUT2D eigenvalue weighted by Gasteiger charge is -2.08. The predicted octanol–water partition coefficient (Wildman–Crippen LogP) is 4.39. The first-order valence-corrected chi connectivity index (χ1v) is 9.67. The van der Waals surface area contributed by atoms with E-state index in [4.69, 9.17) is 9.47 Å². The molecule has 0 saturated carbocycles. The quantitative estimate of drug-likeness (QED) is 0.618. The Hall–Kier alpha value is -3.00. The molecule has 3 aromatic rings. The van der Waals surface area contributed by atoms with Crippen LogP contribution in [0.25, 0.3) is 10.6 Å². The van der Waals surface area contributed by atoms with Gasteiger partial charge in [-0.05, 0) is 37.3 Å².